The summed E-state index contributed by atoms with van der Waals surface area (Å²) in [5.41, 5.74) is 0. The molecule has 88 valence electrons. The fourth-order valence-electron chi connectivity index (χ4n) is 1.16. The van der Waals surface area contributed by atoms with Gasteiger partial charge in [0.15, 0.2) is 6.04 Å². The molecule has 0 aliphatic carbocycles. The molecule has 0 radical (unpaired) electrons. The Morgan fingerprint density at radius 3 is 2.88 bits per heavy atom. The topological polar surface area (TPSA) is 121 Å². The van der Waals surface area contributed by atoms with E-state index in [0.717, 1.165) is 0 Å². The van der Waals surface area contributed by atoms with Gasteiger partial charge in [0.05, 0.1) is 0 Å². The van der Waals surface area contributed by atoms with Crippen LogP contribution >= 0.6 is 11.3 Å². The number of hydrogen-bond donors (Lipinski definition) is 3. The first kappa shape index (κ1) is 11.2. The van der Waals surface area contributed by atoms with Crippen LogP contribution in [0.1, 0.15) is 21.5 Å². The molecule has 0 saturated heterocycles. The molecule has 0 fully saturated rings. The van der Waals surface area contributed by atoms with Gasteiger partial charge < -0.3 is 10.4 Å². The van der Waals surface area contributed by atoms with Crippen molar-refractivity contribution in [2.24, 2.45) is 0 Å². The third-order valence-corrected chi connectivity index (χ3v) is 2.84. The molecule has 0 bridgehead atoms. The quantitative estimate of drug-likeness (QED) is 0.694. The number of carboxylic acids is 1. The van der Waals surface area contributed by atoms with E-state index in [1.807, 2.05) is 0 Å². The lowest BCUT2D eigenvalue weighted by molar-refractivity contribution is -0.139. The molecule has 0 aliphatic rings. The van der Waals surface area contributed by atoms with E-state index < -0.39 is 17.9 Å². The zero-order valence-electron chi connectivity index (χ0n) is 8.32. The highest BCUT2D eigenvalue weighted by atomic mass is 32.1. The summed E-state index contributed by atoms with van der Waals surface area (Å²) >= 11 is 1.24. The molecule has 1 amide bonds. The molecule has 8 nitrogen and oxygen atoms in total. The monoisotopic (exact) mass is 253 g/mol. The Balaban J connectivity index is 2.14. The number of carbonyl (C=O) groups excluding carboxylic acids is 1. The number of amides is 1. The summed E-state index contributed by atoms with van der Waals surface area (Å²) in [7, 11) is 0. The van der Waals surface area contributed by atoms with Gasteiger partial charge in [0, 0.05) is 4.88 Å². The molecule has 2 aromatic heterocycles. The van der Waals surface area contributed by atoms with Crippen molar-refractivity contribution in [2.45, 2.75) is 6.04 Å². The molecule has 17 heavy (non-hydrogen) atoms. The van der Waals surface area contributed by atoms with Crippen molar-refractivity contribution in [1.82, 2.24) is 25.9 Å². The SMILES string of the molecule is O=C(NC(C(=O)O)c1cccs1)c1nn[nH]n1. The molecule has 3 N–H and O–H groups in total. The maximum absolute atomic E-state index is 11.6. The second-order valence-electron chi connectivity index (χ2n) is 3.00. The first-order valence-electron chi connectivity index (χ1n) is 4.49. The number of tetrazole rings is 1. The number of hydrogen-bond acceptors (Lipinski definition) is 6. The van der Waals surface area contributed by atoms with Crippen LogP contribution in [0.15, 0.2) is 17.5 Å². The van der Waals surface area contributed by atoms with Crippen LogP contribution < -0.4 is 5.32 Å². The van der Waals surface area contributed by atoms with E-state index in [0.29, 0.717) is 4.88 Å². The largest absolute Gasteiger partial charge is 0.479 e. The molecule has 0 aromatic carbocycles. The molecule has 0 saturated carbocycles. The number of H-pyrrole nitrogens is 1. The standard InChI is InChI=1S/C8H7N5O3S/c14-7(6-10-12-13-11-6)9-5(8(15)16)4-2-1-3-17-4/h1-3,5H,(H,9,14)(H,15,16)(H,10,11,12,13). The average Bonchev–Trinajstić information content (AvgIpc) is 2.97. The highest BCUT2D eigenvalue weighted by Crippen LogP contribution is 2.19. The smallest absolute Gasteiger partial charge is 0.331 e. The van der Waals surface area contributed by atoms with Crippen LogP contribution in [0.2, 0.25) is 0 Å². The number of aliphatic carboxylic acids is 1. The Kier molecular flexibility index (Phi) is 3.10. The Morgan fingerprint density at radius 2 is 2.35 bits per heavy atom. The van der Waals surface area contributed by atoms with E-state index in [2.05, 4.69) is 25.9 Å². The zero-order chi connectivity index (χ0) is 12.3. The van der Waals surface area contributed by atoms with Gasteiger partial charge in [-0.3, -0.25) is 4.79 Å². The highest BCUT2D eigenvalue weighted by molar-refractivity contribution is 7.10. The zero-order valence-corrected chi connectivity index (χ0v) is 9.14. The number of carbonyl (C=O) groups is 2. The van der Waals surface area contributed by atoms with E-state index in [-0.39, 0.29) is 5.82 Å². The summed E-state index contributed by atoms with van der Waals surface area (Å²) in [6, 6.07) is 2.22. The first-order valence-corrected chi connectivity index (χ1v) is 5.37. The van der Waals surface area contributed by atoms with Crippen molar-refractivity contribution in [2.75, 3.05) is 0 Å². The van der Waals surface area contributed by atoms with Gasteiger partial charge in [0.2, 0.25) is 0 Å². The minimum absolute atomic E-state index is 0.201. The molecule has 1 unspecified atom stereocenters. The van der Waals surface area contributed by atoms with Crippen molar-refractivity contribution in [1.29, 1.82) is 0 Å². The Hall–Kier alpha value is -2.29. The minimum atomic E-state index is -1.15. The van der Waals surface area contributed by atoms with Gasteiger partial charge in [0.1, 0.15) is 0 Å². The molecule has 9 heteroatoms. The van der Waals surface area contributed by atoms with E-state index in [9.17, 15) is 9.59 Å². The van der Waals surface area contributed by atoms with E-state index in [1.54, 1.807) is 17.5 Å². The molecule has 0 aliphatic heterocycles. The molecule has 2 heterocycles. The molecule has 0 spiro atoms. The van der Waals surface area contributed by atoms with E-state index in [1.165, 1.54) is 11.3 Å². The summed E-state index contributed by atoms with van der Waals surface area (Å²) in [6.45, 7) is 0. The third kappa shape index (κ3) is 2.45. The fourth-order valence-corrected chi connectivity index (χ4v) is 1.93. The van der Waals surface area contributed by atoms with Gasteiger partial charge in [-0.05, 0) is 16.7 Å². The number of aromatic amines is 1. The van der Waals surface area contributed by atoms with Crippen LogP contribution in [0.3, 0.4) is 0 Å². The van der Waals surface area contributed by atoms with Crippen LogP contribution in [0, 0.1) is 0 Å². The van der Waals surface area contributed by atoms with Gasteiger partial charge in [-0.1, -0.05) is 6.07 Å². The van der Waals surface area contributed by atoms with Gasteiger partial charge in [-0.25, -0.2) is 4.79 Å². The normalized spacial score (nSPS) is 12.0. The van der Waals surface area contributed by atoms with Crippen LogP contribution in [0.5, 0.6) is 0 Å². The number of thiophene rings is 1. The van der Waals surface area contributed by atoms with Gasteiger partial charge >= 0.3 is 5.97 Å². The number of nitrogens with zero attached hydrogens (tertiary/aromatic N) is 3. The Morgan fingerprint density at radius 1 is 1.53 bits per heavy atom. The summed E-state index contributed by atoms with van der Waals surface area (Å²) < 4.78 is 0. The van der Waals surface area contributed by atoms with Crippen LogP contribution in [0.25, 0.3) is 0 Å². The summed E-state index contributed by atoms with van der Waals surface area (Å²) in [4.78, 5) is 23.1. The molecule has 2 aromatic rings. The average molecular weight is 253 g/mol. The molecular formula is C8H7N5O3S. The third-order valence-electron chi connectivity index (χ3n) is 1.90. The van der Waals surface area contributed by atoms with Crippen molar-refractivity contribution >= 4 is 23.2 Å². The number of rotatable bonds is 4. The second kappa shape index (κ2) is 4.70. The van der Waals surface area contributed by atoms with Crippen molar-refractivity contribution < 1.29 is 14.7 Å². The fraction of sp³-hybridized carbons (Fsp3) is 0.125. The maximum Gasteiger partial charge on any atom is 0.331 e. The van der Waals surface area contributed by atoms with Crippen molar-refractivity contribution in [3.05, 3.63) is 28.2 Å². The van der Waals surface area contributed by atoms with E-state index in [4.69, 9.17) is 5.11 Å². The molecular weight excluding hydrogens is 246 g/mol. The maximum atomic E-state index is 11.6. The van der Waals surface area contributed by atoms with Crippen LogP contribution in [-0.2, 0) is 4.79 Å². The van der Waals surface area contributed by atoms with Crippen LogP contribution in [-0.4, -0.2) is 37.6 Å². The summed E-state index contributed by atoms with van der Waals surface area (Å²) in [6.07, 6.45) is 0. The Labute approximate surface area is 98.7 Å². The van der Waals surface area contributed by atoms with Crippen molar-refractivity contribution in [3.63, 3.8) is 0 Å². The lowest BCUT2D eigenvalue weighted by Crippen LogP contribution is -2.33. The lowest BCUT2D eigenvalue weighted by Gasteiger charge is -2.10. The molecule has 1 atom stereocenters. The molecule has 2 rings (SSSR count). The minimum Gasteiger partial charge on any atom is -0.479 e. The first-order chi connectivity index (χ1) is 8.18. The highest BCUT2D eigenvalue weighted by Gasteiger charge is 2.25. The second-order valence-corrected chi connectivity index (χ2v) is 3.97. The summed E-state index contributed by atoms with van der Waals surface area (Å²) in [5.74, 6) is -2.04. The van der Waals surface area contributed by atoms with Crippen molar-refractivity contribution in [3.8, 4) is 0 Å². The number of nitrogens with one attached hydrogen (secondary N) is 2. The number of carboxylic acid groups (broad SMARTS) is 1. The van der Waals surface area contributed by atoms with Gasteiger partial charge in [-0.2, -0.15) is 5.21 Å². The number of aromatic nitrogens is 4. The Bertz CT molecular complexity index is 509. The lowest BCUT2D eigenvalue weighted by atomic mass is 10.2. The van der Waals surface area contributed by atoms with Gasteiger partial charge in [-0.15, -0.1) is 21.5 Å². The van der Waals surface area contributed by atoms with Crippen LogP contribution in [0.4, 0.5) is 0 Å². The predicted octanol–water partition coefficient (Wildman–Crippen LogP) is -0.183. The summed E-state index contributed by atoms with van der Waals surface area (Å²) in [5, 5.41) is 25.3. The predicted molar refractivity (Wildman–Crippen MR) is 56.3 cm³/mol. The van der Waals surface area contributed by atoms with E-state index >= 15 is 0 Å². The van der Waals surface area contributed by atoms with Gasteiger partial charge in [0.25, 0.3) is 11.7 Å².